The molecule has 4 rings (SSSR count). The van der Waals surface area contributed by atoms with E-state index >= 15 is 0 Å². The Balaban J connectivity index is 1.41. The maximum atomic E-state index is 12.0. The summed E-state index contributed by atoms with van der Waals surface area (Å²) in [5.41, 5.74) is 3.84. The minimum atomic E-state index is -0.238. The van der Waals surface area contributed by atoms with E-state index in [0.29, 0.717) is 12.3 Å². The molecule has 3 aromatic rings. The molecule has 1 heterocycles. The van der Waals surface area contributed by atoms with Crippen molar-refractivity contribution in [2.45, 2.75) is 6.61 Å². The Kier molecular flexibility index (Phi) is 4.74. The van der Waals surface area contributed by atoms with Crippen LogP contribution in [-0.2, 0) is 11.4 Å². The minimum absolute atomic E-state index is 0.238. The highest BCUT2D eigenvalue weighted by atomic mass is 16.5. The first-order chi connectivity index (χ1) is 13.3. The van der Waals surface area contributed by atoms with Gasteiger partial charge >= 0.3 is 0 Å². The SMILES string of the molecule is O=C1Nc2ccccc2/C1=N/N=C/c1ccc(OCc2ccccc2)cc1. The number of carbonyl (C=O) groups excluding carboxylic acids is 1. The van der Waals surface area contributed by atoms with Gasteiger partial charge in [-0.25, -0.2) is 0 Å². The molecule has 1 aliphatic heterocycles. The number of amides is 1. The monoisotopic (exact) mass is 355 g/mol. The zero-order valence-electron chi connectivity index (χ0n) is 14.5. The van der Waals surface area contributed by atoms with E-state index in [4.69, 9.17) is 4.74 Å². The molecular weight excluding hydrogens is 338 g/mol. The Bertz CT molecular complexity index is 1010. The van der Waals surface area contributed by atoms with Gasteiger partial charge in [-0.3, -0.25) is 4.79 Å². The highest BCUT2D eigenvalue weighted by Crippen LogP contribution is 2.22. The van der Waals surface area contributed by atoms with E-state index in [1.165, 1.54) is 0 Å². The molecule has 1 N–H and O–H groups in total. The number of rotatable bonds is 5. The summed E-state index contributed by atoms with van der Waals surface area (Å²) in [6.07, 6.45) is 1.61. The summed E-state index contributed by atoms with van der Waals surface area (Å²) >= 11 is 0. The lowest BCUT2D eigenvalue weighted by molar-refractivity contribution is -0.110. The molecule has 5 nitrogen and oxygen atoms in total. The first-order valence-corrected chi connectivity index (χ1v) is 8.58. The van der Waals surface area contributed by atoms with Crippen LogP contribution >= 0.6 is 0 Å². The fraction of sp³-hybridized carbons (Fsp3) is 0.0455. The summed E-state index contributed by atoms with van der Waals surface area (Å²) < 4.78 is 5.76. The maximum Gasteiger partial charge on any atom is 0.276 e. The predicted octanol–water partition coefficient (Wildman–Crippen LogP) is 4.04. The van der Waals surface area contributed by atoms with Crippen LogP contribution in [0.25, 0.3) is 0 Å². The van der Waals surface area contributed by atoms with Crippen molar-refractivity contribution in [1.29, 1.82) is 0 Å². The smallest absolute Gasteiger partial charge is 0.276 e. The molecule has 0 unspecified atom stereocenters. The third-order valence-electron chi connectivity index (χ3n) is 4.14. The zero-order chi connectivity index (χ0) is 18.5. The molecule has 0 aromatic heterocycles. The van der Waals surface area contributed by atoms with Crippen LogP contribution in [0.15, 0.2) is 89.1 Å². The number of para-hydroxylation sites is 1. The first-order valence-electron chi connectivity index (χ1n) is 8.58. The largest absolute Gasteiger partial charge is 0.489 e. The van der Waals surface area contributed by atoms with Gasteiger partial charge in [-0.1, -0.05) is 48.5 Å². The Morgan fingerprint density at radius 1 is 0.889 bits per heavy atom. The molecule has 0 aliphatic carbocycles. The minimum Gasteiger partial charge on any atom is -0.489 e. The average Bonchev–Trinajstić information content (AvgIpc) is 3.03. The van der Waals surface area contributed by atoms with Crippen LogP contribution in [-0.4, -0.2) is 17.8 Å². The normalized spacial score (nSPS) is 14.4. The lowest BCUT2D eigenvalue weighted by atomic mass is 10.1. The number of fused-ring (bicyclic) bond motifs is 1. The van der Waals surface area contributed by atoms with Crippen LogP contribution in [0.1, 0.15) is 16.7 Å². The van der Waals surface area contributed by atoms with Crippen LogP contribution in [0.3, 0.4) is 0 Å². The van der Waals surface area contributed by atoms with Gasteiger partial charge in [-0.15, -0.1) is 5.10 Å². The summed E-state index contributed by atoms with van der Waals surface area (Å²) in [7, 11) is 0. The van der Waals surface area contributed by atoms with Crippen LogP contribution in [0, 0.1) is 0 Å². The molecular formula is C22H17N3O2. The van der Waals surface area contributed by atoms with Gasteiger partial charge in [0.25, 0.3) is 5.91 Å². The molecule has 1 amide bonds. The number of anilines is 1. The summed E-state index contributed by atoms with van der Waals surface area (Å²) in [4.78, 5) is 12.0. The van der Waals surface area contributed by atoms with Crippen molar-refractivity contribution in [2.24, 2.45) is 10.2 Å². The van der Waals surface area contributed by atoms with Crippen molar-refractivity contribution < 1.29 is 9.53 Å². The second-order valence-electron chi connectivity index (χ2n) is 6.04. The molecule has 0 radical (unpaired) electrons. The van der Waals surface area contributed by atoms with Gasteiger partial charge < -0.3 is 10.1 Å². The number of hydrogen-bond donors (Lipinski definition) is 1. The highest BCUT2D eigenvalue weighted by molar-refractivity contribution is 6.53. The number of benzene rings is 3. The molecule has 0 spiro atoms. The van der Waals surface area contributed by atoms with E-state index in [9.17, 15) is 4.79 Å². The van der Waals surface area contributed by atoms with Crippen LogP contribution in [0.2, 0.25) is 0 Å². The van der Waals surface area contributed by atoms with Crippen molar-refractivity contribution in [3.8, 4) is 5.75 Å². The molecule has 3 aromatic carbocycles. The van der Waals surface area contributed by atoms with Crippen molar-refractivity contribution in [3.05, 3.63) is 95.6 Å². The quantitative estimate of drug-likeness (QED) is 0.554. The summed E-state index contributed by atoms with van der Waals surface area (Å²) in [6, 6.07) is 25.0. The van der Waals surface area contributed by atoms with Crippen molar-refractivity contribution in [1.82, 2.24) is 0 Å². The Labute approximate surface area is 157 Å². The van der Waals surface area contributed by atoms with E-state index in [1.807, 2.05) is 78.9 Å². The van der Waals surface area contributed by atoms with Gasteiger partial charge in [-0.2, -0.15) is 5.10 Å². The van der Waals surface area contributed by atoms with E-state index in [-0.39, 0.29) is 5.91 Å². The fourth-order valence-corrected chi connectivity index (χ4v) is 2.75. The topological polar surface area (TPSA) is 63.0 Å². The number of hydrogen-bond acceptors (Lipinski definition) is 4. The number of ether oxygens (including phenoxy) is 1. The first kappa shape index (κ1) is 16.7. The summed E-state index contributed by atoms with van der Waals surface area (Å²) in [5.74, 6) is 0.546. The third kappa shape index (κ3) is 3.93. The maximum absolute atomic E-state index is 12.0. The van der Waals surface area contributed by atoms with Gasteiger partial charge in [0.05, 0.1) is 11.9 Å². The Morgan fingerprint density at radius 3 is 2.44 bits per heavy atom. The standard InChI is InChI=1S/C22H17N3O2/c26-22-21(19-8-4-5-9-20(19)24-22)25-23-14-16-10-12-18(13-11-16)27-15-17-6-2-1-3-7-17/h1-14H,15H2,(H,24,25,26)/b23-14+. The highest BCUT2D eigenvalue weighted by Gasteiger charge is 2.25. The zero-order valence-corrected chi connectivity index (χ0v) is 14.5. The second-order valence-corrected chi connectivity index (χ2v) is 6.04. The van der Waals surface area contributed by atoms with Gasteiger partial charge in [0.2, 0.25) is 0 Å². The Morgan fingerprint density at radius 2 is 1.63 bits per heavy atom. The molecule has 1 aliphatic rings. The lowest BCUT2D eigenvalue weighted by Crippen LogP contribution is -2.13. The summed E-state index contributed by atoms with van der Waals surface area (Å²) in [6.45, 7) is 0.524. The van der Waals surface area contributed by atoms with Crippen LogP contribution in [0.4, 0.5) is 5.69 Å². The van der Waals surface area contributed by atoms with Gasteiger partial charge in [-0.05, 0) is 41.5 Å². The number of nitrogens with zero attached hydrogens (tertiary/aromatic N) is 2. The molecule has 0 saturated heterocycles. The molecule has 132 valence electrons. The lowest BCUT2D eigenvalue weighted by Gasteiger charge is -2.06. The van der Waals surface area contributed by atoms with Gasteiger partial charge in [0.1, 0.15) is 12.4 Å². The summed E-state index contributed by atoms with van der Waals surface area (Å²) in [5, 5.41) is 10.9. The molecule has 0 bridgehead atoms. The molecule has 0 atom stereocenters. The van der Waals surface area contributed by atoms with Crippen molar-refractivity contribution >= 4 is 23.5 Å². The van der Waals surface area contributed by atoms with Crippen molar-refractivity contribution in [3.63, 3.8) is 0 Å². The number of nitrogens with one attached hydrogen (secondary N) is 1. The molecule has 0 fully saturated rings. The van der Waals surface area contributed by atoms with E-state index < -0.39 is 0 Å². The fourth-order valence-electron chi connectivity index (χ4n) is 2.75. The second kappa shape index (κ2) is 7.66. The van der Waals surface area contributed by atoms with Crippen LogP contribution < -0.4 is 10.1 Å². The van der Waals surface area contributed by atoms with E-state index in [1.54, 1.807) is 6.21 Å². The number of carbonyl (C=O) groups is 1. The third-order valence-corrected chi connectivity index (χ3v) is 4.14. The van der Waals surface area contributed by atoms with E-state index in [2.05, 4.69) is 15.5 Å². The van der Waals surface area contributed by atoms with Gasteiger partial charge in [0, 0.05) is 5.56 Å². The molecule has 27 heavy (non-hydrogen) atoms. The Hall–Kier alpha value is -3.73. The van der Waals surface area contributed by atoms with Gasteiger partial charge in [0.15, 0.2) is 5.71 Å². The van der Waals surface area contributed by atoms with Crippen molar-refractivity contribution in [2.75, 3.05) is 5.32 Å². The van der Waals surface area contributed by atoms with E-state index in [0.717, 1.165) is 28.1 Å². The van der Waals surface area contributed by atoms with Crippen LogP contribution in [0.5, 0.6) is 5.75 Å². The molecule has 5 heteroatoms. The average molecular weight is 355 g/mol. The predicted molar refractivity (Wildman–Crippen MR) is 106 cm³/mol. The molecule has 0 saturated carbocycles.